The summed E-state index contributed by atoms with van der Waals surface area (Å²) in [6.07, 6.45) is 1.87. The molecule has 2 aromatic heterocycles. The molecular formula is C26H29N3O5. The maximum atomic E-state index is 13.3. The molecule has 1 aliphatic heterocycles. The van der Waals surface area contributed by atoms with Crippen molar-refractivity contribution in [3.8, 4) is 11.1 Å². The summed E-state index contributed by atoms with van der Waals surface area (Å²) in [5.41, 5.74) is 3.62. The van der Waals surface area contributed by atoms with Gasteiger partial charge in [0.2, 0.25) is 0 Å². The standard InChI is InChI=1S/C26H29N3O5/c1-3-33-25(30)21-22(26(31)34-4-2)24-19(17-8-6-5-7-9-17)16-20(28-12-14-32-15-13-28)27-29(24)23(21)18-10-11-18/h5-9,16,18H,3-4,10-15H2,1-2H3. The van der Waals surface area contributed by atoms with Gasteiger partial charge in [-0.2, -0.15) is 0 Å². The molecule has 0 amide bonds. The van der Waals surface area contributed by atoms with Crippen molar-refractivity contribution < 1.29 is 23.8 Å². The second-order valence-corrected chi connectivity index (χ2v) is 8.49. The van der Waals surface area contributed by atoms with Gasteiger partial charge in [0.25, 0.3) is 0 Å². The second-order valence-electron chi connectivity index (χ2n) is 8.49. The molecule has 34 heavy (non-hydrogen) atoms. The third kappa shape index (κ3) is 4.03. The molecule has 2 aliphatic rings. The fourth-order valence-electron chi connectivity index (χ4n) is 4.59. The Morgan fingerprint density at radius 2 is 1.65 bits per heavy atom. The van der Waals surface area contributed by atoms with Gasteiger partial charge in [-0.1, -0.05) is 30.3 Å². The lowest BCUT2D eigenvalue weighted by molar-refractivity contribution is 0.0480. The number of fused-ring (bicyclic) bond motifs is 1. The van der Waals surface area contributed by atoms with E-state index in [9.17, 15) is 9.59 Å². The molecule has 5 rings (SSSR count). The average Bonchev–Trinajstić information content (AvgIpc) is 3.65. The lowest BCUT2D eigenvalue weighted by Gasteiger charge is -2.28. The summed E-state index contributed by atoms with van der Waals surface area (Å²) in [4.78, 5) is 28.7. The Bertz CT molecular complexity index is 1210. The molecule has 1 aromatic carbocycles. The molecular weight excluding hydrogens is 434 g/mol. The molecule has 0 atom stereocenters. The Labute approximate surface area is 198 Å². The molecule has 0 N–H and O–H groups in total. The highest BCUT2D eigenvalue weighted by Crippen LogP contribution is 2.46. The van der Waals surface area contributed by atoms with Crippen LogP contribution in [0.25, 0.3) is 16.6 Å². The predicted octanol–water partition coefficient (Wildman–Crippen LogP) is 4.07. The van der Waals surface area contributed by atoms with Gasteiger partial charge < -0.3 is 19.1 Å². The van der Waals surface area contributed by atoms with Crippen molar-refractivity contribution in [1.82, 2.24) is 9.61 Å². The third-order valence-electron chi connectivity index (χ3n) is 6.26. The molecule has 0 spiro atoms. The highest BCUT2D eigenvalue weighted by atomic mass is 16.5. The maximum absolute atomic E-state index is 13.3. The number of carbonyl (C=O) groups excluding carboxylic acids is 2. The fourth-order valence-corrected chi connectivity index (χ4v) is 4.59. The quantitative estimate of drug-likeness (QED) is 0.489. The first-order chi connectivity index (χ1) is 16.6. The van der Waals surface area contributed by atoms with Crippen molar-refractivity contribution in [3.05, 3.63) is 53.2 Å². The summed E-state index contributed by atoms with van der Waals surface area (Å²) >= 11 is 0. The van der Waals surface area contributed by atoms with Gasteiger partial charge in [-0.05, 0) is 38.3 Å². The number of morpholine rings is 1. The van der Waals surface area contributed by atoms with Gasteiger partial charge in [0.05, 0.1) is 43.2 Å². The van der Waals surface area contributed by atoms with Crippen LogP contribution in [0.1, 0.15) is 59.0 Å². The van der Waals surface area contributed by atoms with E-state index in [1.807, 2.05) is 40.9 Å². The Morgan fingerprint density at radius 3 is 2.26 bits per heavy atom. The Hall–Kier alpha value is -3.39. The largest absolute Gasteiger partial charge is 0.462 e. The number of anilines is 1. The molecule has 0 radical (unpaired) electrons. The van der Waals surface area contributed by atoms with Crippen LogP contribution in [0, 0.1) is 0 Å². The minimum Gasteiger partial charge on any atom is -0.462 e. The smallest absolute Gasteiger partial charge is 0.341 e. The summed E-state index contributed by atoms with van der Waals surface area (Å²) < 4.78 is 18.2. The highest BCUT2D eigenvalue weighted by molar-refractivity contribution is 6.12. The van der Waals surface area contributed by atoms with Crippen molar-refractivity contribution in [2.75, 3.05) is 44.4 Å². The number of ether oxygens (including phenoxy) is 3. The minimum atomic E-state index is -0.534. The van der Waals surface area contributed by atoms with Gasteiger partial charge in [0, 0.05) is 24.6 Å². The molecule has 3 aromatic rings. The normalized spacial score (nSPS) is 16.0. The Morgan fingerprint density at radius 1 is 1.00 bits per heavy atom. The van der Waals surface area contributed by atoms with E-state index in [0.717, 1.165) is 48.6 Å². The topological polar surface area (TPSA) is 82.4 Å². The summed E-state index contributed by atoms with van der Waals surface area (Å²) in [6.45, 7) is 6.65. The Kier molecular flexibility index (Phi) is 6.24. The first-order valence-electron chi connectivity index (χ1n) is 12.0. The van der Waals surface area contributed by atoms with Crippen molar-refractivity contribution in [1.29, 1.82) is 0 Å². The van der Waals surface area contributed by atoms with Gasteiger partial charge in [0.15, 0.2) is 0 Å². The molecule has 0 bridgehead atoms. The third-order valence-corrected chi connectivity index (χ3v) is 6.26. The molecule has 1 saturated heterocycles. The number of nitrogens with zero attached hydrogens (tertiary/aromatic N) is 3. The van der Waals surface area contributed by atoms with Crippen LogP contribution in [0.2, 0.25) is 0 Å². The van der Waals surface area contributed by atoms with Crippen LogP contribution < -0.4 is 4.90 Å². The van der Waals surface area contributed by atoms with Gasteiger partial charge in [-0.15, -0.1) is 5.10 Å². The highest BCUT2D eigenvalue weighted by Gasteiger charge is 2.39. The summed E-state index contributed by atoms with van der Waals surface area (Å²) in [6, 6.07) is 11.9. The first-order valence-corrected chi connectivity index (χ1v) is 12.0. The van der Waals surface area contributed by atoms with E-state index in [0.29, 0.717) is 18.7 Å². The number of benzene rings is 1. The van der Waals surface area contributed by atoms with Gasteiger partial charge >= 0.3 is 11.9 Å². The lowest BCUT2D eigenvalue weighted by Crippen LogP contribution is -2.37. The first kappa shape index (κ1) is 22.4. The zero-order valence-corrected chi connectivity index (χ0v) is 19.6. The maximum Gasteiger partial charge on any atom is 0.341 e. The molecule has 8 nitrogen and oxygen atoms in total. The number of esters is 2. The summed E-state index contributed by atoms with van der Waals surface area (Å²) in [5, 5.41) is 4.98. The van der Waals surface area contributed by atoms with Crippen LogP contribution in [-0.2, 0) is 14.2 Å². The van der Waals surface area contributed by atoms with Crippen LogP contribution >= 0.6 is 0 Å². The van der Waals surface area contributed by atoms with Crippen molar-refractivity contribution in [2.45, 2.75) is 32.6 Å². The van der Waals surface area contributed by atoms with Crippen molar-refractivity contribution in [3.63, 3.8) is 0 Å². The number of hydrogen-bond acceptors (Lipinski definition) is 7. The number of hydrogen-bond donors (Lipinski definition) is 0. The Balaban J connectivity index is 1.85. The van der Waals surface area contributed by atoms with Crippen LogP contribution in [0.4, 0.5) is 5.82 Å². The van der Waals surface area contributed by atoms with Crippen molar-refractivity contribution in [2.24, 2.45) is 0 Å². The van der Waals surface area contributed by atoms with E-state index in [4.69, 9.17) is 19.3 Å². The molecule has 1 aliphatic carbocycles. The van der Waals surface area contributed by atoms with Gasteiger partial charge in [-0.25, -0.2) is 14.1 Å². The summed E-state index contributed by atoms with van der Waals surface area (Å²) in [5.74, 6) is -0.110. The average molecular weight is 464 g/mol. The minimum absolute atomic E-state index is 0.145. The number of rotatable bonds is 7. The van der Waals surface area contributed by atoms with Crippen molar-refractivity contribution >= 4 is 23.3 Å². The molecule has 1 saturated carbocycles. The van der Waals surface area contributed by atoms with E-state index >= 15 is 0 Å². The molecule has 3 heterocycles. The van der Waals surface area contributed by atoms with E-state index < -0.39 is 11.9 Å². The lowest BCUT2D eigenvalue weighted by atomic mass is 10.0. The monoisotopic (exact) mass is 463 g/mol. The molecule has 8 heteroatoms. The summed E-state index contributed by atoms with van der Waals surface area (Å²) in [7, 11) is 0. The van der Waals surface area contributed by atoms with E-state index in [1.165, 1.54) is 0 Å². The zero-order chi connectivity index (χ0) is 23.7. The van der Waals surface area contributed by atoms with Crippen LogP contribution in [0.15, 0.2) is 36.4 Å². The SMILES string of the molecule is CCOC(=O)c1c(C(=O)OCC)c2c(-c3ccccc3)cc(N3CCOCC3)nn2c1C1CC1. The van der Waals surface area contributed by atoms with Crippen LogP contribution in [0.3, 0.4) is 0 Å². The van der Waals surface area contributed by atoms with E-state index in [1.54, 1.807) is 13.8 Å². The van der Waals surface area contributed by atoms with Crippen LogP contribution in [0.5, 0.6) is 0 Å². The van der Waals surface area contributed by atoms with E-state index in [2.05, 4.69) is 4.90 Å². The zero-order valence-electron chi connectivity index (χ0n) is 19.6. The van der Waals surface area contributed by atoms with Gasteiger partial charge in [0.1, 0.15) is 11.4 Å². The number of carbonyl (C=O) groups is 2. The molecule has 2 fully saturated rings. The predicted molar refractivity (Wildman–Crippen MR) is 128 cm³/mol. The van der Waals surface area contributed by atoms with Gasteiger partial charge in [-0.3, -0.25) is 0 Å². The van der Waals surface area contributed by atoms with Crippen LogP contribution in [-0.4, -0.2) is 61.1 Å². The molecule has 0 unspecified atom stereocenters. The molecule has 178 valence electrons. The van der Waals surface area contributed by atoms with E-state index in [-0.39, 0.29) is 30.3 Å². The fraction of sp³-hybridized carbons (Fsp3) is 0.423. The second kappa shape index (κ2) is 9.46. The number of aromatic nitrogens is 2.